The zero-order valence-electron chi connectivity index (χ0n) is 15.7. The van der Waals surface area contributed by atoms with E-state index in [4.69, 9.17) is 4.74 Å². The van der Waals surface area contributed by atoms with Crippen LogP contribution in [0.5, 0.6) is 5.75 Å². The molecule has 2 N–H and O–H groups in total. The van der Waals surface area contributed by atoms with Crippen molar-refractivity contribution in [2.24, 2.45) is 0 Å². The lowest BCUT2D eigenvalue weighted by Gasteiger charge is -2.15. The van der Waals surface area contributed by atoms with Crippen molar-refractivity contribution in [3.05, 3.63) is 53.6 Å². The van der Waals surface area contributed by atoms with Crippen LogP contribution in [0, 0.1) is 6.92 Å². The number of carbonyl (C=O) groups excluding carboxylic acids is 2. The zero-order chi connectivity index (χ0) is 19.2. The molecule has 1 aliphatic heterocycles. The molecule has 0 saturated carbocycles. The number of benzene rings is 2. The Labute approximate surface area is 159 Å². The van der Waals surface area contributed by atoms with Crippen molar-refractivity contribution in [2.75, 3.05) is 29.9 Å². The number of amides is 3. The van der Waals surface area contributed by atoms with E-state index in [1.165, 1.54) is 0 Å². The van der Waals surface area contributed by atoms with Crippen LogP contribution in [0.15, 0.2) is 42.5 Å². The summed E-state index contributed by atoms with van der Waals surface area (Å²) in [5.74, 6) is 0.597. The summed E-state index contributed by atoms with van der Waals surface area (Å²) >= 11 is 0. The van der Waals surface area contributed by atoms with Gasteiger partial charge in [-0.3, -0.25) is 9.69 Å². The molecule has 142 valence electrons. The maximum atomic E-state index is 12.6. The van der Waals surface area contributed by atoms with Crippen molar-refractivity contribution in [3.63, 3.8) is 0 Å². The number of unbranched alkanes of at least 4 members (excludes halogenated alkanes) is 1. The molecule has 3 amide bonds. The lowest BCUT2D eigenvalue weighted by molar-refractivity contribution is 0.102. The normalized spacial score (nSPS) is 13.4. The second-order valence-corrected chi connectivity index (χ2v) is 6.57. The van der Waals surface area contributed by atoms with Crippen LogP contribution in [0.1, 0.15) is 35.7 Å². The Kier molecular flexibility index (Phi) is 5.96. The van der Waals surface area contributed by atoms with Crippen molar-refractivity contribution >= 4 is 23.3 Å². The van der Waals surface area contributed by atoms with Crippen LogP contribution in [0.4, 0.5) is 16.2 Å². The standard InChI is InChI=1S/C21H25N3O3/c1-3-4-12-27-18-8-9-19(15(2)13-18)23-20(25)16-6-5-7-17(14-16)24-11-10-22-21(24)26/h5-9,13-14H,3-4,10-12H2,1-2H3,(H,22,26)(H,23,25). The van der Waals surface area contributed by atoms with Crippen LogP contribution < -0.4 is 20.3 Å². The molecule has 0 atom stereocenters. The number of anilines is 2. The second-order valence-electron chi connectivity index (χ2n) is 6.57. The molecule has 0 unspecified atom stereocenters. The number of hydrogen-bond acceptors (Lipinski definition) is 3. The van der Waals surface area contributed by atoms with Gasteiger partial charge in [0.05, 0.1) is 6.61 Å². The first-order valence-corrected chi connectivity index (χ1v) is 9.28. The topological polar surface area (TPSA) is 70.7 Å². The minimum atomic E-state index is -0.209. The molecule has 3 rings (SSSR count). The molecular formula is C21H25N3O3. The van der Waals surface area contributed by atoms with Crippen LogP contribution in [-0.2, 0) is 0 Å². The molecule has 27 heavy (non-hydrogen) atoms. The Morgan fingerprint density at radius 2 is 2.11 bits per heavy atom. The Bertz CT molecular complexity index is 835. The third kappa shape index (κ3) is 4.58. The van der Waals surface area contributed by atoms with Crippen molar-refractivity contribution in [1.82, 2.24) is 5.32 Å². The average Bonchev–Trinajstić information content (AvgIpc) is 3.10. The fraction of sp³-hybridized carbons (Fsp3) is 0.333. The Balaban J connectivity index is 1.69. The number of nitrogens with zero attached hydrogens (tertiary/aromatic N) is 1. The van der Waals surface area contributed by atoms with E-state index in [-0.39, 0.29) is 11.9 Å². The summed E-state index contributed by atoms with van der Waals surface area (Å²) in [6.45, 7) is 5.97. The second kappa shape index (κ2) is 8.58. The van der Waals surface area contributed by atoms with Gasteiger partial charge in [0.25, 0.3) is 5.91 Å². The van der Waals surface area contributed by atoms with Gasteiger partial charge >= 0.3 is 6.03 Å². The smallest absolute Gasteiger partial charge is 0.321 e. The Hall–Kier alpha value is -3.02. The van der Waals surface area contributed by atoms with Gasteiger partial charge in [-0.2, -0.15) is 0 Å². The summed E-state index contributed by atoms with van der Waals surface area (Å²) in [7, 11) is 0. The number of hydrogen-bond donors (Lipinski definition) is 2. The van der Waals surface area contributed by atoms with Crippen LogP contribution in [0.25, 0.3) is 0 Å². The molecule has 1 heterocycles. The summed E-state index contributed by atoms with van der Waals surface area (Å²) in [5.41, 5.74) is 2.91. The van der Waals surface area contributed by atoms with Crippen LogP contribution >= 0.6 is 0 Å². The molecule has 0 aromatic heterocycles. The van der Waals surface area contributed by atoms with Crippen LogP contribution in [0.2, 0.25) is 0 Å². The summed E-state index contributed by atoms with van der Waals surface area (Å²) < 4.78 is 5.70. The maximum Gasteiger partial charge on any atom is 0.321 e. The number of carbonyl (C=O) groups is 2. The highest BCUT2D eigenvalue weighted by Gasteiger charge is 2.21. The summed E-state index contributed by atoms with van der Waals surface area (Å²) in [6, 6.07) is 12.6. The fourth-order valence-corrected chi connectivity index (χ4v) is 2.93. The first kappa shape index (κ1) is 18.8. The Morgan fingerprint density at radius 3 is 2.81 bits per heavy atom. The average molecular weight is 367 g/mol. The van der Waals surface area contributed by atoms with E-state index in [1.54, 1.807) is 23.1 Å². The number of nitrogens with one attached hydrogen (secondary N) is 2. The quantitative estimate of drug-likeness (QED) is 0.728. The molecule has 1 fully saturated rings. The number of urea groups is 1. The third-order valence-corrected chi connectivity index (χ3v) is 4.49. The maximum absolute atomic E-state index is 12.6. The number of aryl methyl sites for hydroxylation is 1. The van der Waals surface area contributed by atoms with Crippen molar-refractivity contribution < 1.29 is 14.3 Å². The van der Waals surface area contributed by atoms with Gasteiger partial charge in [0, 0.05) is 30.0 Å². The zero-order valence-corrected chi connectivity index (χ0v) is 15.7. The van der Waals surface area contributed by atoms with Gasteiger partial charge in [-0.1, -0.05) is 19.4 Å². The molecular weight excluding hydrogens is 342 g/mol. The van der Waals surface area contributed by atoms with E-state index in [1.807, 2.05) is 31.2 Å². The summed E-state index contributed by atoms with van der Waals surface area (Å²) in [5, 5.41) is 5.70. The third-order valence-electron chi connectivity index (χ3n) is 4.49. The van der Waals surface area contributed by atoms with Gasteiger partial charge in [0.15, 0.2) is 0 Å². The van der Waals surface area contributed by atoms with E-state index < -0.39 is 0 Å². The highest BCUT2D eigenvalue weighted by molar-refractivity contribution is 6.06. The van der Waals surface area contributed by atoms with Crippen molar-refractivity contribution in [3.8, 4) is 5.75 Å². The summed E-state index contributed by atoms with van der Waals surface area (Å²) in [4.78, 5) is 26.1. The van der Waals surface area contributed by atoms with Crippen LogP contribution in [0.3, 0.4) is 0 Å². The van der Waals surface area contributed by atoms with Gasteiger partial charge in [-0.15, -0.1) is 0 Å². The van der Waals surface area contributed by atoms with E-state index in [0.717, 1.165) is 29.8 Å². The van der Waals surface area contributed by atoms with Gasteiger partial charge in [-0.25, -0.2) is 4.79 Å². The molecule has 2 aromatic carbocycles. The largest absolute Gasteiger partial charge is 0.494 e. The predicted octanol–water partition coefficient (Wildman–Crippen LogP) is 3.96. The van der Waals surface area contributed by atoms with Gasteiger partial charge in [-0.05, 0) is 55.3 Å². The lowest BCUT2D eigenvalue weighted by Crippen LogP contribution is -2.27. The minimum Gasteiger partial charge on any atom is -0.494 e. The fourth-order valence-electron chi connectivity index (χ4n) is 2.93. The SMILES string of the molecule is CCCCOc1ccc(NC(=O)c2cccc(N3CCNC3=O)c2)c(C)c1. The molecule has 1 saturated heterocycles. The van der Waals surface area contributed by atoms with Crippen molar-refractivity contribution in [2.45, 2.75) is 26.7 Å². The van der Waals surface area contributed by atoms with E-state index >= 15 is 0 Å². The first-order valence-electron chi connectivity index (χ1n) is 9.28. The molecule has 1 aliphatic rings. The van der Waals surface area contributed by atoms with Gasteiger partial charge in [0.2, 0.25) is 0 Å². The van der Waals surface area contributed by atoms with Crippen LogP contribution in [-0.4, -0.2) is 31.6 Å². The number of ether oxygens (including phenoxy) is 1. The first-order chi connectivity index (χ1) is 13.1. The van der Waals surface area contributed by atoms with Crippen molar-refractivity contribution in [1.29, 1.82) is 0 Å². The molecule has 0 radical (unpaired) electrons. The summed E-state index contributed by atoms with van der Waals surface area (Å²) in [6.07, 6.45) is 2.11. The molecule has 2 aromatic rings. The monoisotopic (exact) mass is 367 g/mol. The molecule has 0 spiro atoms. The Morgan fingerprint density at radius 1 is 1.26 bits per heavy atom. The highest BCUT2D eigenvalue weighted by Crippen LogP contribution is 2.23. The van der Waals surface area contributed by atoms with E-state index in [0.29, 0.717) is 30.9 Å². The van der Waals surface area contributed by atoms with Gasteiger partial charge in [0.1, 0.15) is 5.75 Å². The lowest BCUT2D eigenvalue weighted by atomic mass is 10.1. The minimum absolute atomic E-state index is 0.137. The van der Waals surface area contributed by atoms with Gasteiger partial charge < -0.3 is 15.4 Å². The molecule has 6 nitrogen and oxygen atoms in total. The van der Waals surface area contributed by atoms with E-state index in [9.17, 15) is 9.59 Å². The number of rotatable bonds is 7. The molecule has 6 heteroatoms. The van der Waals surface area contributed by atoms with E-state index in [2.05, 4.69) is 17.6 Å². The molecule has 0 aliphatic carbocycles. The predicted molar refractivity (Wildman–Crippen MR) is 107 cm³/mol. The highest BCUT2D eigenvalue weighted by atomic mass is 16.5. The molecule has 0 bridgehead atoms.